The molecule has 8 heteroatoms. The molecule has 1 fully saturated rings. The van der Waals surface area contributed by atoms with Crippen LogP contribution >= 0.6 is 0 Å². The van der Waals surface area contributed by atoms with Crippen molar-refractivity contribution in [3.63, 3.8) is 0 Å². The quantitative estimate of drug-likeness (QED) is 0.664. The number of benzene rings is 1. The molecule has 0 bridgehead atoms. The van der Waals surface area contributed by atoms with Crippen LogP contribution in [-0.4, -0.2) is 39.2 Å². The Kier molecular flexibility index (Phi) is 4.86. The second-order valence-electron chi connectivity index (χ2n) is 6.60. The van der Waals surface area contributed by atoms with Gasteiger partial charge in [-0.1, -0.05) is 0 Å². The van der Waals surface area contributed by atoms with Crippen LogP contribution in [0, 0.1) is 0 Å². The highest BCUT2D eigenvalue weighted by Gasteiger charge is 2.24. The van der Waals surface area contributed by atoms with Crippen LogP contribution in [0.4, 0.5) is 11.6 Å². The molecule has 1 aromatic carbocycles. The minimum atomic E-state index is 0.126. The number of fused-ring (bicyclic) bond motifs is 1. The van der Waals surface area contributed by atoms with Crippen molar-refractivity contribution in [2.24, 2.45) is 0 Å². The summed E-state index contributed by atoms with van der Waals surface area (Å²) < 4.78 is 11.4. The minimum absolute atomic E-state index is 0.126. The molecule has 0 aliphatic heterocycles. The van der Waals surface area contributed by atoms with Crippen molar-refractivity contribution in [3.8, 4) is 11.6 Å². The molecule has 3 N–H and O–H groups in total. The van der Waals surface area contributed by atoms with Crippen molar-refractivity contribution in [2.45, 2.75) is 37.8 Å². The Bertz CT molecular complexity index is 927. The lowest BCUT2D eigenvalue weighted by Crippen LogP contribution is -2.31. The van der Waals surface area contributed by atoms with Crippen LogP contribution in [0.15, 0.2) is 36.8 Å². The summed E-state index contributed by atoms with van der Waals surface area (Å²) in [5.41, 5.74) is 8.10. The van der Waals surface area contributed by atoms with Crippen LogP contribution in [0.2, 0.25) is 0 Å². The molecule has 1 aliphatic rings. The maximum atomic E-state index is 6.22. The zero-order valence-corrected chi connectivity index (χ0v) is 15.1. The van der Waals surface area contributed by atoms with Crippen molar-refractivity contribution in [1.82, 2.24) is 19.9 Å². The van der Waals surface area contributed by atoms with Crippen LogP contribution in [0.3, 0.4) is 0 Å². The van der Waals surface area contributed by atoms with Gasteiger partial charge in [0.25, 0.3) is 0 Å². The van der Waals surface area contributed by atoms with E-state index >= 15 is 0 Å². The fraction of sp³-hybridized carbons (Fsp3) is 0.368. The lowest BCUT2D eigenvalue weighted by Gasteiger charge is -2.29. The normalized spacial score (nSPS) is 19.6. The Morgan fingerprint density at radius 2 is 1.85 bits per heavy atom. The standard InChI is InChI=1S/C19H22N6O2/c1-26-17-6-7-23-19(25-17)24-13-2-4-14(5-3-13)27-16-11-12(20)10-15-18(16)22-9-8-21-15/h6-11,13-14H,2-5,20H2,1H3,(H,23,24,25). The number of nitrogens with one attached hydrogen (secondary N) is 1. The van der Waals surface area contributed by atoms with Gasteiger partial charge in [-0.15, -0.1) is 0 Å². The third-order valence-corrected chi connectivity index (χ3v) is 4.70. The number of ether oxygens (including phenoxy) is 2. The highest BCUT2D eigenvalue weighted by atomic mass is 16.5. The van der Waals surface area contributed by atoms with E-state index in [4.69, 9.17) is 15.2 Å². The molecule has 0 radical (unpaired) electrons. The fourth-order valence-corrected chi connectivity index (χ4v) is 3.37. The summed E-state index contributed by atoms with van der Waals surface area (Å²) in [5.74, 6) is 1.85. The second-order valence-corrected chi connectivity index (χ2v) is 6.60. The number of hydrogen-bond donors (Lipinski definition) is 2. The van der Waals surface area contributed by atoms with Crippen molar-refractivity contribution in [2.75, 3.05) is 18.2 Å². The Morgan fingerprint density at radius 1 is 1.04 bits per heavy atom. The number of anilines is 2. The molecule has 140 valence electrons. The van der Waals surface area contributed by atoms with Gasteiger partial charge < -0.3 is 20.5 Å². The Balaban J connectivity index is 1.38. The van der Waals surface area contributed by atoms with Crippen molar-refractivity contribution in [1.29, 1.82) is 0 Å². The number of nitrogens with zero attached hydrogens (tertiary/aromatic N) is 4. The summed E-state index contributed by atoms with van der Waals surface area (Å²) in [4.78, 5) is 17.3. The van der Waals surface area contributed by atoms with Gasteiger partial charge in [0.1, 0.15) is 11.3 Å². The molecule has 8 nitrogen and oxygen atoms in total. The lowest BCUT2D eigenvalue weighted by molar-refractivity contribution is 0.151. The van der Waals surface area contributed by atoms with E-state index in [1.165, 1.54) is 0 Å². The fourth-order valence-electron chi connectivity index (χ4n) is 3.37. The third-order valence-electron chi connectivity index (χ3n) is 4.70. The van der Waals surface area contributed by atoms with E-state index in [2.05, 4.69) is 25.3 Å². The molecule has 27 heavy (non-hydrogen) atoms. The zero-order chi connectivity index (χ0) is 18.6. The van der Waals surface area contributed by atoms with Gasteiger partial charge in [-0.2, -0.15) is 4.98 Å². The van der Waals surface area contributed by atoms with Gasteiger partial charge in [-0.3, -0.25) is 4.98 Å². The SMILES string of the molecule is COc1ccnc(NC2CCC(Oc3cc(N)cc4nccnc34)CC2)n1. The third kappa shape index (κ3) is 3.99. The number of methoxy groups -OCH3 is 1. The van der Waals surface area contributed by atoms with Gasteiger partial charge in [0, 0.05) is 42.5 Å². The summed E-state index contributed by atoms with van der Waals surface area (Å²) in [5, 5.41) is 3.38. The Morgan fingerprint density at radius 3 is 2.67 bits per heavy atom. The van der Waals surface area contributed by atoms with Crippen molar-refractivity contribution in [3.05, 3.63) is 36.8 Å². The maximum absolute atomic E-state index is 6.22. The molecule has 2 aromatic heterocycles. The number of rotatable bonds is 5. The van der Waals surface area contributed by atoms with Crippen LogP contribution in [-0.2, 0) is 0 Å². The van der Waals surface area contributed by atoms with Gasteiger partial charge in [0.05, 0.1) is 18.7 Å². The molecule has 1 saturated carbocycles. The first-order valence-electron chi connectivity index (χ1n) is 9.02. The molecule has 0 atom stereocenters. The number of hydrogen-bond acceptors (Lipinski definition) is 8. The summed E-state index contributed by atoms with van der Waals surface area (Å²) in [6, 6.07) is 5.68. The number of nitrogen functional groups attached to an aromatic ring is 1. The molecular formula is C19H22N6O2. The lowest BCUT2D eigenvalue weighted by atomic mass is 9.93. The van der Waals surface area contributed by atoms with E-state index in [0.29, 0.717) is 29.3 Å². The highest BCUT2D eigenvalue weighted by molar-refractivity contribution is 5.84. The summed E-state index contributed by atoms with van der Waals surface area (Å²) in [6.45, 7) is 0. The van der Waals surface area contributed by atoms with Crippen LogP contribution in [0.5, 0.6) is 11.6 Å². The molecule has 1 aliphatic carbocycles. The van der Waals surface area contributed by atoms with Gasteiger partial charge in [0.15, 0.2) is 0 Å². The molecule has 0 amide bonds. The molecule has 2 heterocycles. The van der Waals surface area contributed by atoms with E-state index in [1.807, 2.05) is 12.1 Å². The van der Waals surface area contributed by atoms with Crippen LogP contribution < -0.4 is 20.5 Å². The molecule has 0 saturated heterocycles. The molecule has 0 spiro atoms. The number of aromatic nitrogens is 4. The van der Waals surface area contributed by atoms with Crippen molar-refractivity contribution < 1.29 is 9.47 Å². The average molecular weight is 366 g/mol. The molecule has 3 aromatic rings. The average Bonchev–Trinajstić information content (AvgIpc) is 2.69. The molecule has 0 unspecified atom stereocenters. The zero-order valence-electron chi connectivity index (χ0n) is 15.1. The van der Waals surface area contributed by atoms with Gasteiger partial charge in [0.2, 0.25) is 11.8 Å². The number of nitrogens with two attached hydrogens (primary N) is 1. The Hall–Kier alpha value is -3.16. The van der Waals surface area contributed by atoms with E-state index in [9.17, 15) is 0 Å². The summed E-state index contributed by atoms with van der Waals surface area (Å²) >= 11 is 0. The predicted molar refractivity (Wildman–Crippen MR) is 103 cm³/mol. The van der Waals surface area contributed by atoms with E-state index in [-0.39, 0.29) is 6.10 Å². The second kappa shape index (κ2) is 7.61. The van der Waals surface area contributed by atoms with E-state index < -0.39 is 0 Å². The first-order chi connectivity index (χ1) is 13.2. The van der Waals surface area contributed by atoms with Crippen molar-refractivity contribution >= 4 is 22.7 Å². The van der Waals surface area contributed by atoms with Gasteiger partial charge in [-0.05, 0) is 31.7 Å². The summed E-state index contributed by atoms with van der Waals surface area (Å²) in [6.07, 6.45) is 8.93. The molecule has 4 rings (SSSR count). The summed E-state index contributed by atoms with van der Waals surface area (Å²) in [7, 11) is 1.60. The molecular weight excluding hydrogens is 344 g/mol. The Labute approximate surface area is 157 Å². The first-order valence-corrected chi connectivity index (χ1v) is 9.02. The minimum Gasteiger partial charge on any atom is -0.488 e. The maximum Gasteiger partial charge on any atom is 0.226 e. The van der Waals surface area contributed by atoms with Crippen LogP contribution in [0.1, 0.15) is 25.7 Å². The monoisotopic (exact) mass is 366 g/mol. The smallest absolute Gasteiger partial charge is 0.226 e. The van der Waals surface area contributed by atoms with E-state index in [0.717, 1.165) is 36.7 Å². The highest BCUT2D eigenvalue weighted by Crippen LogP contribution is 2.30. The first kappa shape index (κ1) is 17.3. The predicted octanol–water partition coefficient (Wildman–Crippen LogP) is 2.81. The van der Waals surface area contributed by atoms with Gasteiger partial charge in [-0.25, -0.2) is 9.97 Å². The largest absolute Gasteiger partial charge is 0.488 e. The topological polar surface area (TPSA) is 108 Å². The van der Waals surface area contributed by atoms with Crippen LogP contribution in [0.25, 0.3) is 11.0 Å². The van der Waals surface area contributed by atoms with Gasteiger partial charge >= 0.3 is 0 Å². The van der Waals surface area contributed by atoms with E-state index in [1.54, 1.807) is 31.8 Å².